The maximum atomic E-state index is 13.0. The standard InChI is InChI=1S/C19H28N4O2/c1-25-18-6-10-23(19(24)22-8-2-3-9-22)17-14-21(13-16(17)18)12-15-5-4-7-20-11-15/h4-5,7,11,16-18H,2-3,6,8-10,12-14H2,1H3/t16-,17+,18-/m1/s1. The van der Waals surface area contributed by atoms with Crippen LogP contribution in [0.15, 0.2) is 24.5 Å². The van der Waals surface area contributed by atoms with Crippen molar-refractivity contribution in [3.05, 3.63) is 30.1 Å². The topological polar surface area (TPSA) is 48.9 Å². The van der Waals surface area contributed by atoms with Crippen LogP contribution >= 0.6 is 0 Å². The van der Waals surface area contributed by atoms with Gasteiger partial charge in [-0.15, -0.1) is 0 Å². The second kappa shape index (κ2) is 7.30. The summed E-state index contributed by atoms with van der Waals surface area (Å²) in [6, 6.07) is 4.61. The molecule has 3 fully saturated rings. The first kappa shape index (κ1) is 16.8. The van der Waals surface area contributed by atoms with Crippen molar-refractivity contribution in [2.75, 3.05) is 39.8 Å². The number of piperidine rings is 1. The van der Waals surface area contributed by atoms with Gasteiger partial charge < -0.3 is 14.5 Å². The lowest BCUT2D eigenvalue weighted by Crippen LogP contribution is -2.56. The van der Waals surface area contributed by atoms with E-state index in [4.69, 9.17) is 4.74 Å². The molecule has 0 bridgehead atoms. The highest BCUT2D eigenvalue weighted by Gasteiger charge is 2.46. The highest BCUT2D eigenvalue weighted by Crippen LogP contribution is 2.34. The van der Waals surface area contributed by atoms with Gasteiger partial charge >= 0.3 is 6.03 Å². The zero-order valence-corrected chi connectivity index (χ0v) is 15.0. The Balaban J connectivity index is 1.48. The molecule has 0 radical (unpaired) electrons. The molecule has 6 heteroatoms. The first-order valence-corrected chi connectivity index (χ1v) is 9.46. The van der Waals surface area contributed by atoms with Gasteiger partial charge in [0, 0.05) is 64.7 Å². The number of fused-ring (bicyclic) bond motifs is 1. The van der Waals surface area contributed by atoms with Gasteiger partial charge in [0.1, 0.15) is 0 Å². The predicted octanol–water partition coefficient (Wildman–Crippen LogP) is 1.82. The molecule has 2 amide bonds. The van der Waals surface area contributed by atoms with Gasteiger partial charge in [0.25, 0.3) is 0 Å². The van der Waals surface area contributed by atoms with E-state index in [2.05, 4.69) is 20.9 Å². The molecule has 0 aromatic carbocycles. The summed E-state index contributed by atoms with van der Waals surface area (Å²) in [5.41, 5.74) is 1.23. The van der Waals surface area contributed by atoms with Gasteiger partial charge in [0.05, 0.1) is 12.1 Å². The summed E-state index contributed by atoms with van der Waals surface area (Å²) in [5, 5.41) is 0. The fourth-order valence-electron chi connectivity index (χ4n) is 4.73. The number of likely N-dealkylation sites (tertiary alicyclic amines) is 3. The Morgan fingerprint density at radius 3 is 2.84 bits per heavy atom. The van der Waals surface area contributed by atoms with Crippen molar-refractivity contribution in [3.8, 4) is 0 Å². The molecule has 3 aliphatic heterocycles. The van der Waals surface area contributed by atoms with Crippen molar-refractivity contribution in [1.29, 1.82) is 0 Å². The van der Waals surface area contributed by atoms with Crippen LogP contribution in [0.25, 0.3) is 0 Å². The van der Waals surface area contributed by atoms with E-state index in [0.29, 0.717) is 5.92 Å². The van der Waals surface area contributed by atoms with Crippen LogP contribution in [-0.2, 0) is 11.3 Å². The second-order valence-corrected chi connectivity index (χ2v) is 7.52. The number of nitrogens with zero attached hydrogens (tertiary/aromatic N) is 4. The Morgan fingerprint density at radius 2 is 2.12 bits per heavy atom. The minimum Gasteiger partial charge on any atom is -0.381 e. The molecule has 136 valence electrons. The monoisotopic (exact) mass is 344 g/mol. The van der Waals surface area contributed by atoms with E-state index >= 15 is 0 Å². The van der Waals surface area contributed by atoms with Crippen molar-refractivity contribution in [2.45, 2.75) is 38.0 Å². The van der Waals surface area contributed by atoms with E-state index in [1.807, 2.05) is 30.5 Å². The Labute approximate surface area is 149 Å². The third-order valence-corrected chi connectivity index (χ3v) is 5.99. The number of hydrogen-bond donors (Lipinski definition) is 0. The Morgan fingerprint density at radius 1 is 1.28 bits per heavy atom. The van der Waals surface area contributed by atoms with Gasteiger partial charge in [-0.1, -0.05) is 6.07 Å². The Bertz CT molecular complexity index is 590. The van der Waals surface area contributed by atoms with Crippen LogP contribution in [0.5, 0.6) is 0 Å². The van der Waals surface area contributed by atoms with Crippen LogP contribution in [-0.4, -0.2) is 77.7 Å². The van der Waals surface area contributed by atoms with Gasteiger partial charge in [0.2, 0.25) is 0 Å². The molecule has 1 aromatic rings. The molecule has 4 heterocycles. The molecule has 0 N–H and O–H groups in total. The smallest absolute Gasteiger partial charge is 0.320 e. The van der Waals surface area contributed by atoms with Crippen LogP contribution in [0.2, 0.25) is 0 Å². The molecular formula is C19H28N4O2. The molecule has 0 unspecified atom stereocenters. The normalized spacial score (nSPS) is 29.9. The fourth-order valence-corrected chi connectivity index (χ4v) is 4.73. The lowest BCUT2D eigenvalue weighted by Gasteiger charge is -2.42. The summed E-state index contributed by atoms with van der Waals surface area (Å²) in [6.45, 7) is 5.46. The second-order valence-electron chi connectivity index (χ2n) is 7.52. The van der Waals surface area contributed by atoms with Crippen LogP contribution in [0.4, 0.5) is 4.79 Å². The van der Waals surface area contributed by atoms with E-state index in [-0.39, 0.29) is 18.2 Å². The zero-order chi connectivity index (χ0) is 17.2. The summed E-state index contributed by atoms with van der Waals surface area (Å²) >= 11 is 0. The lowest BCUT2D eigenvalue weighted by molar-refractivity contribution is -0.0124. The minimum atomic E-state index is 0.241. The van der Waals surface area contributed by atoms with E-state index in [1.165, 1.54) is 5.56 Å². The highest BCUT2D eigenvalue weighted by molar-refractivity contribution is 5.75. The molecule has 3 aliphatic rings. The van der Waals surface area contributed by atoms with Gasteiger partial charge in [0.15, 0.2) is 0 Å². The van der Waals surface area contributed by atoms with Gasteiger partial charge in [-0.25, -0.2) is 4.79 Å². The molecule has 3 saturated heterocycles. The number of carbonyl (C=O) groups is 1. The average Bonchev–Trinajstić information content (AvgIpc) is 3.31. The zero-order valence-electron chi connectivity index (χ0n) is 15.0. The first-order valence-electron chi connectivity index (χ1n) is 9.46. The predicted molar refractivity (Wildman–Crippen MR) is 95.1 cm³/mol. The molecule has 3 atom stereocenters. The van der Waals surface area contributed by atoms with Crippen molar-refractivity contribution in [2.24, 2.45) is 5.92 Å². The number of carbonyl (C=O) groups excluding carboxylic acids is 1. The maximum absolute atomic E-state index is 13.0. The third kappa shape index (κ3) is 3.37. The van der Waals surface area contributed by atoms with Crippen LogP contribution in [0, 0.1) is 5.92 Å². The summed E-state index contributed by atoms with van der Waals surface area (Å²) in [5.74, 6) is 0.405. The van der Waals surface area contributed by atoms with Crippen molar-refractivity contribution < 1.29 is 9.53 Å². The summed E-state index contributed by atoms with van der Waals surface area (Å²) in [7, 11) is 1.81. The first-order chi connectivity index (χ1) is 12.3. The molecule has 6 nitrogen and oxygen atoms in total. The minimum absolute atomic E-state index is 0.241. The number of methoxy groups -OCH3 is 1. The van der Waals surface area contributed by atoms with Gasteiger partial charge in [-0.05, 0) is 30.9 Å². The molecule has 4 rings (SSSR count). The van der Waals surface area contributed by atoms with E-state index in [9.17, 15) is 4.79 Å². The molecule has 25 heavy (non-hydrogen) atoms. The summed E-state index contributed by atoms with van der Waals surface area (Å²) in [6.07, 6.45) is 7.22. The SMILES string of the molecule is CO[C@@H]1CCN(C(=O)N2CCCC2)[C@H]2CN(Cc3cccnc3)C[C@@H]12. The van der Waals surface area contributed by atoms with E-state index < -0.39 is 0 Å². The molecule has 1 aromatic heterocycles. The van der Waals surface area contributed by atoms with Gasteiger partial charge in [-0.2, -0.15) is 0 Å². The van der Waals surface area contributed by atoms with Crippen molar-refractivity contribution in [1.82, 2.24) is 19.7 Å². The number of hydrogen-bond acceptors (Lipinski definition) is 4. The van der Waals surface area contributed by atoms with Crippen LogP contribution in [0.3, 0.4) is 0 Å². The van der Waals surface area contributed by atoms with E-state index in [1.54, 1.807) is 0 Å². The molecular weight excluding hydrogens is 316 g/mol. The van der Waals surface area contributed by atoms with Gasteiger partial charge in [-0.3, -0.25) is 9.88 Å². The number of amides is 2. The summed E-state index contributed by atoms with van der Waals surface area (Å²) < 4.78 is 5.77. The Kier molecular flexibility index (Phi) is 4.90. The maximum Gasteiger partial charge on any atom is 0.320 e. The average molecular weight is 344 g/mol. The molecule has 0 saturated carbocycles. The lowest BCUT2D eigenvalue weighted by atomic mass is 9.89. The molecule has 0 spiro atoms. The third-order valence-electron chi connectivity index (χ3n) is 5.99. The largest absolute Gasteiger partial charge is 0.381 e. The molecule has 0 aliphatic carbocycles. The van der Waals surface area contributed by atoms with Crippen molar-refractivity contribution >= 4 is 6.03 Å². The van der Waals surface area contributed by atoms with Crippen molar-refractivity contribution in [3.63, 3.8) is 0 Å². The van der Waals surface area contributed by atoms with E-state index in [0.717, 1.165) is 58.5 Å². The van der Waals surface area contributed by atoms with Crippen LogP contribution < -0.4 is 0 Å². The number of aromatic nitrogens is 1. The number of rotatable bonds is 3. The quantitative estimate of drug-likeness (QED) is 0.839. The highest BCUT2D eigenvalue weighted by atomic mass is 16.5. The summed E-state index contributed by atoms with van der Waals surface area (Å²) in [4.78, 5) is 23.8. The number of pyridine rings is 1. The number of urea groups is 1. The fraction of sp³-hybridized carbons (Fsp3) is 0.684. The number of ether oxygens (including phenoxy) is 1. The Hall–Kier alpha value is -1.66. The van der Waals surface area contributed by atoms with Crippen LogP contribution in [0.1, 0.15) is 24.8 Å².